The topological polar surface area (TPSA) is 29.1 Å². The van der Waals surface area contributed by atoms with Crippen LogP contribution in [0.3, 0.4) is 0 Å². The Kier molecular flexibility index (Phi) is 4.86. The van der Waals surface area contributed by atoms with E-state index in [1.54, 1.807) is 6.07 Å². The average molecular weight is 281 g/mol. The number of hydrogen-bond acceptors (Lipinski definition) is 2. The molecule has 1 amide bonds. The van der Waals surface area contributed by atoms with Gasteiger partial charge < -0.3 is 5.32 Å². The molecule has 0 saturated carbocycles. The van der Waals surface area contributed by atoms with Gasteiger partial charge in [-0.05, 0) is 36.8 Å². The van der Waals surface area contributed by atoms with Crippen molar-refractivity contribution in [2.24, 2.45) is 0 Å². The van der Waals surface area contributed by atoms with Crippen LogP contribution in [-0.4, -0.2) is 11.7 Å². The van der Waals surface area contributed by atoms with E-state index in [0.717, 1.165) is 16.1 Å². The normalized spacial score (nSPS) is 9.80. The molecular formula is C17H15NOS. The maximum absolute atomic E-state index is 11.9. The lowest BCUT2D eigenvalue weighted by molar-refractivity contribution is -0.113. The first-order valence-electron chi connectivity index (χ1n) is 6.24. The summed E-state index contributed by atoms with van der Waals surface area (Å²) in [5.41, 5.74) is 2.67. The summed E-state index contributed by atoms with van der Waals surface area (Å²) in [5.74, 6) is 2.89. The lowest BCUT2D eigenvalue weighted by Crippen LogP contribution is -2.14. The smallest absolute Gasteiger partial charge is 0.234 e. The molecule has 0 aromatic heterocycles. The minimum atomic E-state index is -0.0348. The fourth-order valence-corrected chi connectivity index (χ4v) is 2.57. The van der Waals surface area contributed by atoms with E-state index in [1.807, 2.05) is 49.4 Å². The summed E-state index contributed by atoms with van der Waals surface area (Å²) in [4.78, 5) is 13.0. The molecule has 0 radical (unpaired) electrons. The van der Waals surface area contributed by atoms with E-state index in [9.17, 15) is 4.79 Å². The van der Waals surface area contributed by atoms with Crippen LogP contribution >= 0.6 is 11.8 Å². The van der Waals surface area contributed by atoms with Crippen LogP contribution in [0.1, 0.15) is 11.1 Å². The van der Waals surface area contributed by atoms with Crippen molar-refractivity contribution in [2.75, 3.05) is 11.1 Å². The molecule has 2 aromatic rings. The number of aryl methyl sites for hydroxylation is 1. The molecule has 0 saturated heterocycles. The minimum Gasteiger partial charge on any atom is -0.325 e. The first-order chi connectivity index (χ1) is 9.69. The van der Waals surface area contributed by atoms with Crippen LogP contribution in [0.4, 0.5) is 5.69 Å². The fourth-order valence-electron chi connectivity index (χ4n) is 1.75. The second-order valence-electron chi connectivity index (χ2n) is 4.33. The molecule has 0 unspecified atom stereocenters. The SMILES string of the molecule is C#Cc1cccc(NC(=O)CSc2ccccc2C)c1. The Hall–Kier alpha value is -2.18. The first kappa shape index (κ1) is 14.2. The molecule has 2 aromatic carbocycles. The zero-order valence-electron chi connectivity index (χ0n) is 11.2. The van der Waals surface area contributed by atoms with Gasteiger partial charge >= 0.3 is 0 Å². The third-order valence-electron chi connectivity index (χ3n) is 2.77. The monoisotopic (exact) mass is 281 g/mol. The molecule has 0 bridgehead atoms. The highest BCUT2D eigenvalue weighted by Crippen LogP contribution is 2.22. The van der Waals surface area contributed by atoms with Gasteiger partial charge in [0, 0.05) is 16.1 Å². The minimum absolute atomic E-state index is 0.0348. The third kappa shape index (κ3) is 3.91. The van der Waals surface area contributed by atoms with Crippen molar-refractivity contribution in [3.05, 3.63) is 59.7 Å². The Morgan fingerprint density at radius 1 is 1.25 bits per heavy atom. The number of anilines is 1. The van der Waals surface area contributed by atoms with E-state index >= 15 is 0 Å². The predicted molar refractivity (Wildman–Crippen MR) is 84.9 cm³/mol. The van der Waals surface area contributed by atoms with E-state index in [4.69, 9.17) is 6.42 Å². The highest BCUT2D eigenvalue weighted by Gasteiger charge is 2.05. The lowest BCUT2D eigenvalue weighted by atomic mass is 10.2. The second-order valence-corrected chi connectivity index (χ2v) is 5.34. The molecule has 1 N–H and O–H groups in total. The number of rotatable bonds is 4. The average Bonchev–Trinajstić information content (AvgIpc) is 2.46. The predicted octanol–water partition coefficient (Wildman–Crippen LogP) is 3.71. The number of carbonyl (C=O) groups excluding carboxylic acids is 1. The summed E-state index contributed by atoms with van der Waals surface area (Å²) in [6.07, 6.45) is 5.33. The number of thioether (sulfide) groups is 1. The van der Waals surface area contributed by atoms with Gasteiger partial charge in [-0.3, -0.25) is 4.79 Å². The maximum Gasteiger partial charge on any atom is 0.234 e. The number of amides is 1. The van der Waals surface area contributed by atoms with Gasteiger partial charge in [-0.25, -0.2) is 0 Å². The standard InChI is InChI=1S/C17H15NOS/c1-3-14-8-6-9-15(11-14)18-17(19)12-20-16-10-5-4-7-13(16)2/h1,4-11H,12H2,2H3,(H,18,19). The van der Waals surface area contributed by atoms with E-state index in [1.165, 1.54) is 17.3 Å². The molecular weight excluding hydrogens is 266 g/mol. The number of terminal acetylenes is 1. The maximum atomic E-state index is 11.9. The van der Waals surface area contributed by atoms with Crippen molar-refractivity contribution in [3.8, 4) is 12.3 Å². The molecule has 2 rings (SSSR count). The Balaban J connectivity index is 1.93. The summed E-state index contributed by atoms with van der Waals surface area (Å²) in [6, 6.07) is 15.3. The van der Waals surface area contributed by atoms with Gasteiger partial charge in [0.1, 0.15) is 0 Å². The molecule has 3 heteroatoms. The van der Waals surface area contributed by atoms with Crippen molar-refractivity contribution in [1.29, 1.82) is 0 Å². The van der Waals surface area contributed by atoms with E-state index in [-0.39, 0.29) is 5.91 Å². The van der Waals surface area contributed by atoms with Crippen molar-refractivity contribution in [1.82, 2.24) is 0 Å². The van der Waals surface area contributed by atoms with Crippen LogP contribution in [0, 0.1) is 19.3 Å². The molecule has 0 aliphatic carbocycles. The Bertz CT molecular complexity index is 658. The van der Waals surface area contributed by atoms with Gasteiger partial charge in [-0.15, -0.1) is 18.2 Å². The zero-order chi connectivity index (χ0) is 14.4. The van der Waals surface area contributed by atoms with Gasteiger partial charge in [-0.1, -0.05) is 30.2 Å². The van der Waals surface area contributed by atoms with E-state index < -0.39 is 0 Å². The first-order valence-corrected chi connectivity index (χ1v) is 7.22. The van der Waals surface area contributed by atoms with Crippen LogP contribution in [-0.2, 0) is 4.79 Å². The highest BCUT2D eigenvalue weighted by molar-refractivity contribution is 8.00. The summed E-state index contributed by atoms with van der Waals surface area (Å²) >= 11 is 1.53. The molecule has 0 spiro atoms. The Labute approximate surface area is 123 Å². The second kappa shape index (κ2) is 6.83. The van der Waals surface area contributed by atoms with Crippen molar-refractivity contribution >= 4 is 23.4 Å². The molecule has 0 fully saturated rings. The van der Waals surface area contributed by atoms with Gasteiger partial charge in [0.15, 0.2) is 0 Å². The van der Waals surface area contributed by atoms with Crippen molar-refractivity contribution < 1.29 is 4.79 Å². The Morgan fingerprint density at radius 2 is 2.05 bits per heavy atom. The number of carbonyl (C=O) groups is 1. The van der Waals surface area contributed by atoms with Gasteiger partial charge in [-0.2, -0.15) is 0 Å². The van der Waals surface area contributed by atoms with Gasteiger partial charge in [0.05, 0.1) is 5.75 Å². The molecule has 100 valence electrons. The summed E-state index contributed by atoms with van der Waals surface area (Å²) in [7, 11) is 0. The molecule has 0 atom stereocenters. The van der Waals surface area contributed by atoms with Crippen molar-refractivity contribution in [3.63, 3.8) is 0 Å². The van der Waals surface area contributed by atoms with E-state index in [2.05, 4.69) is 11.2 Å². The van der Waals surface area contributed by atoms with Crippen LogP contribution < -0.4 is 5.32 Å². The van der Waals surface area contributed by atoms with Crippen molar-refractivity contribution in [2.45, 2.75) is 11.8 Å². The summed E-state index contributed by atoms with van der Waals surface area (Å²) in [5, 5.41) is 2.85. The van der Waals surface area contributed by atoms with Crippen LogP contribution in [0.5, 0.6) is 0 Å². The summed E-state index contributed by atoms with van der Waals surface area (Å²) < 4.78 is 0. The molecule has 0 aliphatic rings. The number of hydrogen-bond donors (Lipinski definition) is 1. The number of nitrogens with one attached hydrogen (secondary N) is 1. The highest BCUT2D eigenvalue weighted by atomic mass is 32.2. The largest absolute Gasteiger partial charge is 0.325 e. The Morgan fingerprint density at radius 3 is 2.80 bits per heavy atom. The summed E-state index contributed by atoms with van der Waals surface area (Å²) in [6.45, 7) is 2.04. The lowest BCUT2D eigenvalue weighted by Gasteiger charge is -2.07. The molecule has 0 heterocycles. The molecule has 20 heavy (non-hydrogen) atoms. The van der Waals surface area contributed by atoms with Crippen LogP contribution in [0.15, 0.2) is 53.4 Å². The quantitative estimate of drug-likeness (QED) is 0.684. The molecule has 0 aliphatic heterocycles. The van der Waals surface area contributed by atoms with Crippen LogP contribution in [0.2, 0.25) is 0 Å². The zero-order valence-corrected chi connectivity index (χ0v) is 12.0. The van der Waals surface area contributed by atoms with E-state index in [0.29, 0.717) is 5.75 Å². The van der Waals surface area contributed by atoms with Gasteiger partial charge in [0.25, 0.3) is 0 Å². The van der Waals surface area contributed by atoms with Gasteiger partial charge in [0.2, 0.25) is 5.91 Å². The third-order valence-corrected chi connectivity index (χ3v) is 3.94. The fraction of sp³-hybridized carbons (Fsp3) is 0.118. The number of benzene rings is 2. The molecule has 2 nitrogen and oxygen atoms in total. The van der Waals surface area contributed by atoms with Crippen LogP contribution in [0.25, 0.3) is 0 Å².